The topological polar surface area (TPSA) is 56.8 Å². The Labute approximate surface area is 117 Å². The van der Waals surface area contributed by atoms with E-state index in [9.17, 15) is 9.18 Å². The lowest BCUT2D eigenvalue weighted by Gasteiger charge is -2.23. The van der Waals surface area contributed by atoms with Gasteiger partial charge in [-0.2, -0.15) is 0 Å². The van der Waals surface area contributed by atoms with Crippen molar-refractivity contribution in [3.05, 3.63) is 30.1 Å². The third kappa shape index (κ3) is 4.79. The summed E-state index contributed by atoms with van der Waals surface area (Å²) in [4.78, 5) is 11.5. The molecule has 0 aromatic heterocycles. The lowest BCUT2D eigenvalue weighted by atomic mass is 10.3. The second-order valence-electron chi connectivity index (χ2n) is 4.38. The molecule has 20 heavy (non-hydrogen) atoms. The van der Waals surface area contributed by atoms with Gasteiger partial charge in [0, 0.05) is 13.0 Å². The molecule has 5 nitrogen and oxygen atoms in total. The summed E-state index contributed by atoms with van der Waals surface area (Å²) in [5.74, 6) is -0.713. The summed E-state index contributed by atoms with van der Waals surface area (Å²) in [6.45, 7) is 1.60. The van der Waals surface area contributed by atoms with Crippen molar-refractivity contribution < 1.29 is 23.4 Å². The van der Waals surface area contributed by atoms with Crippen molar-refractivity contribution in [1.29, 1.82) is 0 Å². The average Bonchev–Trinajstić information content (AvgIpc) is 2.47. The molecule has 0 spiro atoms. The minimum atomic E-state index is -0.482. The Balaban J connectivity index is 1.62. The molecule has 1 fully saturated rings. The van der Waals surface area contributed by atoms with Crippen molar-refractivity contribution in [2.45, 2.75) is 19.1 Å². The Kier molecular flexibility index (Phi) is 5.76. The molecule has 1 aromatic carbocycles. The zero-order valence-corrected chi connectivity index (χ0v) is 11.1. The SMILES string of the molecule is O=C(COc1ccccc1F)NCCC1OCCCO1. The van der Waals surface area contributed by atoms with Crippen LogP contribution in [0, 0.1) is 5.82 Å². The van der Waals surface area contributed by atoms with Gasteiger partial charge in [-0.15, -0.1) is 0 Å². The van der Waals surface area contributed by atoms with Gasteiger partial charge in [-0.25, -0.2) is 4.39 Å². The van der Waals surface area contributed by atoms with Gasteiger partial charge in [0.25, 0.3) is 5.91 Å². The van der Waals surface area contributed by atoms with E-state index >= 15 is 0 Å². The summed E-state index contributed by atoms with van der Waals surface area (Å²) >= 11 is 0. The maximum Gasteiger partial charge on any atom is 0.257 e. The number of carbonyl (C=O) groups excluding carboxylic acids is 1. The molecule has 110 valence electrons. The Morgan fingerprint density at radius 3 is 2.85 bits per heavy atom. The summed E-state index contributed by atoms with van der Waals surface area (Å²) in [6.07, 6.45) is 1.24. The maximum absolute atomic E-state index is 13.2. The first kappa shape index (κ1) is 14.7. The molecule has 0 saturated carbocycles. The fourth-order valence-electron chi connectivity index (χ4n) is 1.79. The zero-order chi connectivity index (χ0) is 14.2. The number of halogens is 1. The Morgan fingerprint density at radius 1 is 1.35 bits per heavy atom. The van der Waals surface area contributed by atoms with Gasteiger partial charge in [-0.05, 0) is 18.6 Å². The fraction of sp³-hybridized carbons (Fsp3) is 0.500. The first-order valence-electron chi connectivity index (χ1n) is 6.63. The predicted octanol–water partition coefficient (Wildman–Crippen LogP) is 1.47. The van der Waals surface area contributed by atoms with Crippen LogP contribution < -0.4 is 10.1 Å². The third-order valence-corrected chi connectivity index (χ3v) is 2.79. The molecule has 6 heteroatoms. The first-order chi connectivity index (χ1) is 9.75. The normalized spacial score (nSPS) is 15.8. The number of carbonyl (C=O) groups is 1. The van der Waals surface area contributed by atoms with Crippen LogP contribution in [0.15, 0.2) is 24.3 Å². The summed E-state index contributed by atoms with van der Waals surface area (Å²) in [5, 5.41) is 2.67. The van der Waals surface area contributed by atoms with Crippen LogP contribution >= 0.6 is 0 Å². The molecule has 1 aliphatic heterocycles. The monoisotopic (exact) mass is 283 g/mol. The minimum absolute atomic E-state index is 0.0709. The number of hydrogen-bond donors (Lipinski definition) is 1. The quantitative estimate of drug-likeness (QED) is 0.859. The Morgan fingerprint density at radius 2 is 2.10 bits per heavy atom. The zero-order valence-electron chi connectivity index (χ0n) is 11.1. The molecule has 0 radical (unpaired) electrons. The van der Waals surface area contributed by atoms with E-state index in [0.717, 1.165) is 6.42 Å². The van der Waals surface area contributed by atoms with Crippen LogP contribution in [0.2, 0.25) is 0 Å². The number of amides is 1. The predicted molar refractivity (Wildman–Crippen MR) is 69.8 cm³/mol. The second-order valence-corrected chi connectivity index (χ2v) is 4.38. The standard InChI is InChI=1S/C14H18FNO4/c15-11-4-1-2-5-12(11)20-10-13(17)16-7-6-14-18-8-3-9-19-14/h1-2,4-5,14H,3,6-10H2,(H,16,17). The molecule has 2 rings (SSSR count). The van der Waals surface area contributed by atoms with Gasteiger partial charge in [0.15, 0.2) is 24.5 Å². The fourth-order valence-corrected chi connectivity index (χ4v) is 1.79. The average molecular weight is 283 g/mol. The van der Waals surface area contributed by atoms with Gasteiger partial charge in [-0.3, -0.25) is 4.79 Å². The largest absolute Gasteiger partial charge is 0.481 e. The van der Waals surface area contributed by atoms with Crippen LogP contribution in [0.1, 0.15) is 12.8 Å². The highest BCUT2D eigenvalue weighted by atomic mass is 19.1. The highest BCUT2D eigenvalue weighted by Gasteiger charge is 2.14. The van der Waals surface area contributed by atoms with Crippen molar-refractivity contribution >= 4 is 5.91 Å². The van der Waals surface area contributed by atoms with Crippen LogP contribution in [0.5, 0.6) is 5.75 Å². The number of rotatable bonds is 6. The Hall–Kier alpha value is -1.66. The number of hydrogen-bond acceptors (Lipinski definition) is 4. The maximum atomic E-state index is 13.2. The lowest BCUT2D eigenvalue weighted by Crippen LogP contribution is -2.34. The van der Waals surface area contributed by atoms with Crippen LogP contribution in [0.3, 0.4) is 0 Å². The van der Waals surface area contributed by atoms with E-state index in [-0.39, 0.29) is 24.6 Å². The van der Waals surface area contributed by atoms with Gasteiger partial charge < -0.3 is 19.5 Å². The summed E-state index contributed by atoms with van der Waals surface area (Å²) < 4.78 is 29.0. The summed E-state index contributed by atoms with van der Waals surface area (Å²) in [5.41, 5.74) is 0. The van der Waals surface area contributed by atoms with Gasteiger partial charge in [-0.1, -0.05) is 12.1 Å². The van der Waals surface area contributed by atoms with Crippen LogP contribution in [0.25, 0.3) is 0 Å². The smallest absolute Gasteiger partial charge is 0.257 e. The van der Waals surface area contributed by atoms with Crippen LogP contribution in [-0.2, 0) is 14.3 Å². The Bertz CT molecular complexity index is 435. The number of para-hydroxylation sites is 1. The van der Waals surface area contributed by atoms with Gasteiger partial charge in [0.2, 0.25) is 0 Å². The molecule has 1 aromatic rings. The van der Waals surface area contributed by atoms with E-state index in [1.807, 2.05) is 0 Å². The molecular formula is C14H18FNO4. The molecule has 1 N–H and O–H groups in total. The van der Waals surface area contributed by atoms with Gasteiger partial charge in [0.1, 0.15) is 0 Å². The highest BCUT2D eigenvalue weighted by Crippen LogP contribution is 2.14. The molecular weight excluding hydrogens is 265 g/mol. The summed E-state index contributed by atoms with van der Waals surface area (Å²) in [6, 6.07) is 5.97. The second kappa shape index (κ2) is 7.81. The molecule has 1 heterocycles. The van der Waals surface area contributed by atoms with Crippen molar-refractivity contribution in [1.82, 2.24) is 5.32 Å². The molecule has 1 amide bonds. The number of ether oxygens (including phenoxy) is 3. The van der Waals surface area contributed by atoms with Crippen LogP contribution in [-0.4, -0.2) is 38.6 Å². The third-order valence-electron chi connectivity index (χ3n) is 2.79. The molecule has 1 saturated heterocycles. The minimum Gasteiger partial charge on any atom is -0.481 e. The van der Waals surface area contributed by atoms with E-state index in [1.54, 1.807) is 12.1 Å². The van der Waals surface area contributed by atoms with Crippen molar-refractivity contribution in [2.24, 2.45) is 0 Å². The van der Waals surface area contributed by atoms with Gasteiger partial charge in [0.05, 0.1) is 13.2 Å². The molecule has 1 aliphatic rings. The molecule has 0 aliphatic carbocycles. The van der Waals surface area contributed by atoms with E-state index in [4.69, 9.17) is 14.2 Å². The van der Waals surface area contributed by atoms with Crippen LogP contribution in [0.4, 0.5) is 4.39 Å². The van der Waals surface area contributed by atoms with Gasteiger partial charge >= 0.3 is 0 Å². The molecule has 0 bridgehead atoms. The summed E-state index contributed by atoms with van der Waals surface area (Å²) in [7, 11) is 0. The molecule has 0 unspecified atom stereocenters. The number of benzene rings is 1. The number of nitrogens with one attached hydrogen (secondary N) is 1. The van der Waals surface area contributed by atoms with E-state index < -0.39 is 5.82 Å². The first-order valence-corrected chi connectivity index (χ1v) is 6.63. The molecule has 0 atom stereocenters. The lowest BCUT2D eigenvalue weighted by molar-refractivity contribution is -0.180. The van der Waals surface area contributed by atoms with Crippen molar-refractivity contribution in [3.8, 4) is 5.75 Å². The van der Waals surface area contributed by atoms with Crippen molar-refractivity contribution in [3.63, 3.8) is 0 Å². The van der Waals surface area contributed by atoms with E-state index in [2.05, 4.69) is 5.32 Å². The van der Waals surface area contributed by atoms with E-state index in [1.165, 1.54) is 12.1 Å². The van der Waals surface area contributed by atoms with Crippen molar-refractivity contribution in [2.75, 3.05) is 26.4 Å². The van der Waals surface area contributed by atoms with E-state index in [0.29, 0.717) is 26.2 Å². The highest BCUT2D eigenvalue weighted by molar-refractivity contribution is 5.77.